The lowest BCUT2D eigenvalue weighted by Gasteiger charge is -2.25. The van der Waals surface area contributed by atoms with Gasteiger partial charge in [0.05, 0.1) is 31.0 Å². The maximum absolute atomic E-state index is 13.5. The van der Waals surface area contributed by atoms with Crippen molar-refractivity contribution in [2.75, 3.05) is 25.1 Å². The third-order valence-corrected chi connectivity index (χ3v) is 6.98. The standard InChI is InChI=1S/C26H27N3O7S/c1-4-20-10-8-9-13-22(20)29(37(32,33)21-11-6-5-7-12-21)18-25(30)28-27-17-19-14-15-23(24(16-19)34-2)36-26(31)35-3/h5-17H,4,18H2,1-3H3,(H,28,30)/b27-17-. The summed E-state index contributed by atoms with van der Waals surface area (Å²) in [5, 5.41) is 3.93. The van der Waals surface area contributed by atoms with Crippen LogP contribution in [0, 0.1) is 0 Å². The van der Waals surface area contributed by atoms with Crippen LogP contribution in [-0.4, -0.2) is 47.5 Å². The van der Waals surface area contributed by atoms with E-state index in [-0.39, 0.29) is 16.4 Å². The number of methoxy groups -OCH3 is 2. The van der Waals surface area contributed by atoms with E-state index in [4.69, 9.17) is 9.47 Å². The summed E-state index contributed by atoms with van der Waals surface area (Å²) in [6.07, 6.45) is 1.03. The highest BCUT2D eigenvalue weighted by Gasteiger charge is 2.28. The number of carbonyl (C=O) groups excluding carboxylic acids is 2. The van der Waals surface area contributed by atoms with Gasteiger partial charge in [0, 0.05) is 0 Å². The van der Waals surface area contributed by atoms with Crippen molar-refractivity contribution in [3.8, 4) is 11.5 Å². The quantitative estimate of drug-likeness (QED) is 0.185. The molecule has 0 aliphatic carbocycles. The molecule has 3 rings (SSSR count). The van der Waals surface area contributed by atoms with Crippen LogP contribution >= 0.6 is 0 Å². The number of para-hydroxylation sites is 1. The molecule has 0 unspecified atom stereocenters. The normalized spacial score (nSPS) is 11.1. The predicted molar refractivity (Wildman–Crippen MR) is 139 cm³/mol. The molecule has 1 amide bonds. The van der Waals surface area contributed by atoms with Crippen LogP contribution in [0.4, 0.5) is 10.5 Å². The van der Waals surface area contributed by atoms with Gasteiger partial charge in [-0.15, -0.1) is 0 Å². The highest BCUT2D eigenvalue weighted by atomic mass is 32.2. The number of sulfonamides is 1. The molecule has 1 N–H and O–H groups in total. The van der Waals surface area contributed by atoms with Gasteiger partial charge in [0.25, 0.3) is 15.9 Å². The molecule has 0 atom stereocenters. The molecule has 37 heavy (non-hydrogen) atoms. The SMILES string of the molecule is CCc1ccccc1N(CC(=O)N/N=C\c1ccc(OC(=O)OC)c(OC)c1)S(=O)(=O)c1ccccc1. The van der Waals surface area contributed by atoms with Crippen LogP contribution in [0.15, 0.2) is 82.8 Å². The summed E-state index contributed by atoms with van der Waals surface area (Å²) < 4.78 is 42.7. The maximum atomic E-state index is 13.5. The molecule has 0 aliphatic heterocycles. The van der Waals surface area contributed by atoms with Gasteiger partial charge in [-0.05, 0) is 53.9 Å². The number of hydrogen-bond acceptors (Lipinski definition) is 8. The van der Waals surface area contributed by atoms with Crippen LogP contribution in [-0.2, 0) is 26.0 Å². The molecule has 0 fully saturated rings. The first-order valence-corrected chi connectivity index (χ1v) is 12.7. The topological polar surface area (TPSA) is 124 Å². The van der Waals surface area contributed by atoms with Gasteiger partial charge in [-0.2, -0.15) is 5.10 Å². The molecule has 0 radical (unpaired) electrons. The number of ether oxygens (including phenoxy) is 3. The second kappa shape index (κ2) is 12.5. The first-order chi connectivity index (χ1) is 17.8. The zero-order valence-electron chi connectivity index (χ0n) is 20.6. The maximum Gasteiger partial charge on any atom is 0.513 e. The van der Waals surface area contributed by atoms with Gasteiger partial charge >= 0.3 is 6.16 Å². The molecule has 10 nitrogen and oxygen atoms in total. The third-order valence-electron chi connectivity index (χ3n) is 5.21. The Morgan fingerprint density at radius 1 is 0.973 bits per heavy atom. The summed E-state index contributed by atoms with van der Waals surface area (Å²) >= 11 is 0. The summed E-state index contributed by atoms with van der Waals surface area (Å²) in [6, 6.07) is 19.5. The Kier molecular flexibility index (Phi) is 9.22. The van der Waals surface area contributed by atoms with Crippen molar-refractivity contribution in [2.45, 2.75) is 18.2 Å². The average Bonchev–Trinajstić information content (AvgIpc) is 2.92. The van der Waals surface area contributed by atoms with Crippen molar-refractivity contribution >= 4 is 34.0 Å². The van der Waals surface area contributed by atoms with Crippen LogP contribution < -0.4 is 19.2 Å². The number of aryl methyl sites for hydroxylation is 1. The minimum atomic E-state index is -4.03. The second-order valence-corrected chi connectivity index (χ2v) is 9.43. The number of hydrogen-bond donors (Lipinski definition) is 1. The number of nitrogens with one attached hydrogen (secondary N) is 1. The summed E-state index contributed by atoms with van der Waals surface area (Å²) in [7, 11) is -1.45. The van der Waals surface area contributed by atoms with Crippen molar-refractivity contribution in [3.63, 3.8) is 0 Å². The number of nitrogens with zero attached hydrogens (tertiary/aromatic N) is 2. The van der Waals surface area contributed by atoms with Gasteiger partial charge in [-0.3, -0.25) is 9.10 Å². The van der Waals surface area contributed by atoms with Crippen molar-refractivity contribution in [1.29, 1.82) is 0 Å². The van der Waals surface area contributed by atoms with E-state index in [0.29, 0.717) is 17.7 Å². The Morgan fingerprint density at radius 2 is 1.68 bits per heavy atom. The fraction of sp³-hybridized carbons (Fsp3) is 0.192. The lowest BCUT2D eigenvalue weighted by atomic mass is 10.1. The Balaban J connectivity index is 1.80. The fourth-order valence-electron chi connectivity index (χ4n) is 3.40. The molecule has 3 aromatic rings. The summed E-state index contributed by atoms with van der Waals surface area (Å²) in [6.45, 7) is 1.42. The van der Waals surface area contributed by atoms with Crippen LogP contribution in [0.2, 0.25) is 0 Å². The number of rotatable bonds is 10. The van der Waals surface area contributed by atoms with Crippen molar-refractivity contribution < 1.29 is 32.2 Å². The first-order valence-electron chi connectivity index (χ1n) is 11.2. The van der Waals surface area contributed by atoms with Crippen molar-refractivity contribution in [3.05, 3.63) is 83.9 Å². The van der Waals surface area contributed by atoms with Gasteiger partial charge < -0.3 is 14.2 Å². The molecule has 11 heteroatoms. The van der Waals surface area contributed by atoms with E-state index >= 15 is 0 Å². The Morgan fingerprint density at radius 3 is 2.35 bits per heavy atom. The highest BCUT2D eigenvalue weighted by molar-refractivity contribution is 7.92. The van der Waals surface area contributed by atoms with Crippen LogP contribution in [0.5, 0.6) is 11.5 Å². The van der Waals surface area contributed by atoms with Gasteiger partial charge in [-0.25, -0.2) is 18.6 Å². The van der Waals surface area contributed by atoms with E-state index in [9.17, 15) is 18.0 Å². The second-order valence-electron chi connectivity index (χ2n) is 7.57. The molecule has 0 saturated heterocycles. The number of hydrazone groups is 1. The monoisotopic (exact) mass is 525 g/mol. The van der Waals surface area contributed by atoms with Crippen LogP contribution in [0.3, 0.4) is 0 Å². The lowest BCUT2D eigenvalue weighted by molar-refractivity contribution is -0.119. The number of amides is 1. The van der Waals surface area contributed by atoms with E-state index in [1.807, 2.05) is 19.1 Å². The summed E-state index contributed by atoms with van der Waals surface area (Å²) in [5.41, 5.74) is 4.08. The molecule has 0 aromatic heterocycles. The fourth-order valence-corrected chi connectivity index (χ4v) is 4.88. The molecule has 0 bridgehead atoms. The predicted octanol–water partition coefficient (Wildman–Crippen LogP) is 3.75. The average molecular weight is 526 g/mol. The Labute approximate surface area is 215 Å². The van der Waals surface area contributed by atoms with E-state index in [0.717, 1.165) is 9.87 Å². The van der Waals surface area contributed by atoms with E-state index in [1.165, 1.54) is 44.7 Å². The van der Waals surface area contributed by atoms with Gasteiger partial charge in [0.15, 0.2) is 11.5 Å². The molecule has 0 spiro atoms. The summed E-state index contributed by atoms with van der Waals surface area (Å²) in [5.74, 6) is -0.247. The van der Waals surface area contributed by atoms with Crippen molar-refractivity contribution in [1.82, 2.24) is 5.43 Å². The van der Waals surface area contributed by atoms with E-state index < -0.39 is 28.6 Å². The first kappa shape index (κ1) is 27.2. The Hall–Kier alpha value is -4.38. The van der Waals surface area contributed by atoms with Crippen LogP contribution in [0.25, 0.3) is 0 Å². The molecule has 194 valence electrons. The number of carbonyl (C=O) groups is 2. The largest absolute Gasteiger partial charge is 0.513 e. The molecular weight excluding hydrogens is 498 g/mol. The van der Waals surface area contributed by atoms with Crippen molar-refractivity contribution in [2.24, 2.45) is 5.10 Å². The smallest absolute Gasteiger partial charge is 0.493 e. The third kappa shape index (κ3) is 6.85. The summed E-state index contributed by atoms with van der Waals surface area (Å²) in [4.78, 5) is 24.2. The number of benzene rings is 3. The Bertz CT molecular complexity index is 1380. The highest BCUT2D eigenvalue weighted by Crippen LogP contribution is 2.28. The number of anilines is 1. The minimum absolute atomic E-state index is 0.0681. The molecule has 3 aromatic carbocycles. The van der Waals surface area contributed by atoms with E-state index in [2.05, 4.69) is 15.3 Å². The molecule has 0 heterocycles. The van der Waals surface area contributed by atoms with Gasteiger partial charge in [-0.1, -0.05) is 43.3 Å². The molecular formula is C26H27N3O7S. The molecule has 0 aliphatic rings. The minimum Gasteiger partial charge on any atom is -0.493 e. The van der Waals surface area contributed by atoms with Crippen LogP contribution in [0.1, 0.15) is 18.1 Å². The zero-order valence-corrected chi connectivity index (χ0v) is 21.4. The van der Waals surface area contributed by atoms with Gasteiger partial charge in [0.2, 0.25) is 0 Å². The lowest BCUT2D eigenvalue weighted by Crippen LogP contribution is -2.40. The zero-order chi connectivity index (χ0) is 26.8. The van der Waals surface area contributed by atoms with E-state index in [1.54, 1.807) is 36.4 Å². The van der Waals surface area contributed by atoms with Gasteiger partial charge in [0.1, 0.15) is 6.54 Å². The molecule has 0 saturated carbocycles.